The molecule has 3 nitrogen and oxygen atoms in total. The van der Waals surface area contributed by atoms with Crippen molar-refractivity contribution >= 4 is 10.9 Å². The van der Waals surface area contributed by atoms with Crippen molar-refractivity contribution < 1.29 is 0 Å². The fourth-order valence-corrected chi connectivity index (χ4v) is 2.70. The number of aromatic nitrogens is 1. The van der Waals surface area contributed by atoms with Gasteiger partial charge in [-0.2, -0.15) is 0 Å². The van der Waals surface area contributed by atoms with Crippen molar-refractivity contribution in [3.63, 3.8) is 0 Å². The van der Waals surface area contributed by atoms with Gasteiger partial charge < -0.3 is 5.73 Å². The molecule has 108 valence electrons. The van der Waals surface area contributed by atoms with Crippen molar-refractivity contribution in [3.05, 3.63) is 41.6 Å². The van der Waals surface area contributed by atoms with Crippen LogP contribution in [0.5, 0.6) is 0 Å². The first-order valence-corrected chi connectivity index (χ1v) is 7.38. The number of nitrogens with two attached hydrogens (primary N) is 1. The molecule has 0 aliphatic rings. The van der Waals surface area contributed by atoms with E-state index >= 15 is 0 Å². The summed E-state index contributed by atoms with van der Waals surface area (Å²) in [7, 11) is 0. The molecule has 0 radical (unpaired) electrons. The highest BCUT2D eigenvalue weighted by molar-refractivity contribution is 5.82. The SMILES string of the molecule is Cc1cc(CN(CCN)CC(C)C)c2ccccc2n1. The maximum atomic E-state index is 5.75. The Bertz CT molecular complexity index is 563. The van der Waals surface area contributed by atoms with Gasteiger partial charge in [-0.15, -0.1) is 0 Å². The summed E-state index contributed by atoms with van der Waals surface area (Å²) in [6.07, 6.45) is 0. The van der Waals surface area contributed by atoms with E-state index in [0.29, 0.717) is 12.5 Å². The van der Waals surface area contributed by atoms with Crippen LogP contribution in [-0.2, 0) is 6.54 Å². The average molecular weight is 271 g/mol. The van der Waals surface area contributed by atoms with E-state index in [4.69, 9.17) is 5.73 Å². The molecule has 2 N–H and O–H groups in total. The summed E-state index contributed by atoms with van der Waals surface area (Å²) in [6.45, 7) is 10.2. The molecule has 0 spiro atoms. The van der Waals surface area contributed by atoms with Crippen LogP contribution in [0.3, 0.4) is 0 Å². The van der Waals surface area contributed by atoms with E-state index in [9.17, 15) is 0 Å². The second-order valence-electron chi connectivity index (χ2n) is 5.86. The van der Waals surface area contributed by atoms with Gasteiger partial charge in [-0.1, -0.05) is 32.0 Å². The van der Waals surface area contributed by atoms with Gasteiger partial charge in [0.15, 0.2) is 0 Å². The van der Waals surface area contributed by atoms with E-state index in [2.05, 4.69) is 54.9 Å². The average Bonchev–Trinajstić information content (AvgIpc) is 2.38. The van der Waals surface area contributed by atoms with Crippen molar-refractivity contribution in [1.82, 2.24) is 9.88 Å². The molecule has 1 heterocycles. The molecule has 3 heteroatoms. The Morgan fingerprint density at radius 2 is 2.00 bits per heavy atom. The lowest BCUT2D eigenvalue weighted by molar-refractivity contribution is 0.243. The van der Waals surface area contributed by atoms with E-state index in [1.807, 2.05) is 6.07 Å². The lowest BCUT2D eigenvalue weighted by Crippen LogP contribution is -2.32. The van der Waals surface area contributed by atoms with Crippen molar-refractivity contribution in [1.29, 1.82) is 0 Å². The van der Waals surface area contributed by atoms with Gasteiger partial charge in [0.05, 0.1) is 5.52 Å². The molecule has 0 bridgehead atoms. The standard InChI is InChI=1S/C17H25N3/c1-13(2)11-20(9-8-18)12-15-10-14(3)19-17-7-5-4-6-16(15)17/h4-7,10,13H,8-9,11-12,18H2,1-3H3. The Balaban J connectivity index is 2.31. The lowest BCUT2D eigenvalue weighted by atomic mass is 10.1. The molecule has 0 aliphatic carbocycles. The number of aryl methyl sites for hydroxylation is 1. The molecular formula is C17H25N3. The van der Waals surface area contributed by atoms with E-state index in [-0.39, 0.29) is 0 Å². The topological polar surface area (TPSA) is 42.1 Å². The highest BCUT2D eigenvalue weighted by Crippen LogP contribution is 2.20. The first-order chi connectivity index (χ1) is 9.60. The zero-order valence-corrected chi connectivity index (χ0v) is 12.8. The summed E-state index contributed by atoms with van der Waals surface area (Å²) >= 11 is 0. The van der Waals surface area contributed by atoms with Crippen LogP contribution in [0.1, 0.15) is 25.1 Å². The maximum Gasteiger partial charge on any atom is 0.0708 e. The molecule has 2 rings (SSSR count). The molecule has 1 aromatic heterocycles. The number of pyridine rings is 1. The number of fused-ring (bicyclic) bond motifs is 1. The Morgan fingerprint density at radius 3 is 2.70 bits per heavy atom. The first kappa shape index (κ1) is 14.9. The van der Waals surface area contributed by atoms with Gasteiger partial charge in [0.25, 0.3) is 0 Å². The van der Waals surface area contributed by atoms with Gasteiger partial charge in [0.2, 0.25) is 0 Å². The summed E-state index contributed by atoms with van der Waals surface area (Å²) in [5.41, 5.74) is 9.26. The van der Waals surface area contributed by atoms with Crippen molar-refractivity contribution in [2.24, 2.45) is 11.7 Å². The summed E-state index contributed by atoms with van der Waals surface area (Å²) < 4.78 is 0. The Morgan fingerprint density at radius 1 is 1.25 bits per heavy atom. The van der Waals surface area contributed by atoms with Crippen molar-refractivity contribution in [2.75, 3.05) is 19.6 Å². The summed E-state index contributed by atoms with van der Waals surface area (Å²) in [5, 5.41) is 1.25. The van der Waals surface area contributed by atoms with Crippen LogP contribution in [-0.4, -0.2) is 29.5 Å². The summed E-state index contributed by atoms with van der Waals surface area (Å²) in [5.74, 6) is 0.649. The zero-order chi connectivity index (χ0) is 14.5. The van der Waals surface area contributed by atoms with Crippen LogP contribution in [0.25, 0.3) is 10.9 Å². The predicted molar refractivity (Wildman–Crippen MR) is 85.6 cm³/mol. The number of nitrogens with zero attached hydrogens (tertiary/aromatic N) is 2. The van der Waals surface area contributed by atoms with Crippen molar-refractivity contribution in [2.45, 2.75) is 27.3 Å². The number of para-hydroxylation sites is 1. The summed E-state index contributed by atoms with van der Waals surface area (Å²) in [6, 6.07) is 10.6. The highest BCUT2D eigenvalue weighted by Gasteiger charge is 2.10. The molecule has 0 fully saturated rings. The fourth-order valence-electron chi connectivity index (χ4n) is 2.70. The van der Waals surface area contributed by atoms with Crippen LogP contribution in [0, 0.1) is 12.8 Å². The normalized spacial score (nSPS) is 11.7. The third-order valence-corrected chi connectivity index (χ3v) is 3.39. The molecule has 1 aromatic carbocycles. The van der Waals surface area contributed by atoms with Gasteiger partial charge >= 0.3 is 0 Å². The fraction of sp³-hybridized carbons (Fsp3) is 0.471. The molecule has 0 unspecified atom stereocenters. The third kappa shape index (κ3) is 3.78. The Kier molecular flexibility index (Phi) is 5.10. The second kappa shape index (κ2) is 6.82. The molecule has 20 heavy (non-hydrogen) atoms. The minimum Gasteiger partial charge on any atom is -0.329 e. The predicted octanol–water partition coefficient (Wildman–Crippen LogP) is 2.96. The van der Waals surface area contributed by atoms with E-state index in [0.717, 1.165) is 30.8 Å². The van der Waals surface area contributed by atoms with Gasteiger partial charge in [-0.3, -0.25) is 9.88 Å². The van der Waals surface area contributed by atoms with E-state index in [1.54, 1.807) is 0 Å². The smallest absolute Gasteiger partial charge is 0.0708 e. The Hall–Kier alpha value is -1.45. The van der Waals surface area contributed by atoms with E-state index < -0.39 is 0 Å². The quantitative estimate of drug-likeness (QED) is 0.878. The summed E-state index contributed by atoms with van der Waals surface area (Å²) in [4.78, 5) is 7.04. The Labute approximate surface area is 121 Å². The number of benzene rings is 1. The molecule has 0 atom stereocenters. The van der Waals surface area contributed by atoms with Crippen LogP contribution in [0.2, 0.25) is 0 Å². The third-order valence-electron chi connectivity index (χ3n) is 3.39. The minimum atomic E-state index is 0.649. The molecule has 0 aliphatic heterocycles. The van der Waals surface area contributed by atoms with Gasteiger partial charge in [-0.05, 0) is 30.5 Å². The van der Waals surface area contributed by atoms with Gasteiger partial charge in [0, 0.05) is 37.3 Å². The molecule has 2 aromatic rings. The number of hydrogen-bond acceptors (Lipinski definition) is 3. The van der Waals surface area contributed by atoms with Crippen LogP contribution in [0.15, 0.2) is 30.3 Å². The molecule has 0 saturated heterocycles. The minimum absolute atomic E-state index is 0.649. The monoisotopic (exact) mass is 271 g/mol. The number of rotatable bonds is 6. The number of hydrogen-bond donors (Lipinski definition) is 1. The first-order valence-electron chi connectivity index (χ1n) is 7.38. The van der Waals surface area contributed by atoms with E-state index in [1.165, 1.54) is 10.9 Å². The molecule has 0 amide bonds. The lowest BCUT2D eigenvalue weighted by Gasteiger charge is -2.24. The second-order valence-corrected chi connectivity index (χ2v) is 5.86. The molecule has 0 saturated carbocycles. The van der Waals surface area contributed by atoms with Crippen LogP contribution >= 0.6 is 0 Å². The zero-order valence-electron chi connectivity index (χ0n) is 12.8. The van der Waals surface area contributed by atoms with Gasteiger partial charge in [-0.25, -0.2) is 0 Å². The maximum absolute atomic E-state index is 5.75. The van der Waals surface area contributed by atoms with Crippen LogP contribution in [0.4, 0.5) is 0 Å². The van der Waals surface area contributed by atoms with Crippen molar-refractivity contribution in [3.8, 4) is 0 Å². The largest absolute Gasteiger partial charge is 0.329 e. The van der Waals surface area contributed by atoms with Gasteiger partial charge in [0.1, 0.15) is 0 Å². The molecular weight excluding hydrogens is 246 g/mol. The highest BCUT2D eigenvalue weighted by atomic mass is 15.1. The van der Waals surface area contributed by atoms with Crippen LogP contribution < -0.4 is 5.73 Å².